The number of aromatic nitrogens is 2. The molecule has 0 radical (unpaired) electrons. The van der Waals surface area contributed by atoms with Gasteiger partial charge in [-0.1, -0.05) is 6.07 Å². The molecule has 1 aromatic heterocycles. The molecule has 0 saturated heterocycles. The van der Waals surface area contributed by atoms with Crippen molar-refractivity contribution in [3.8, 4) is 5.75 Å². The maximum absolute atomic E-state index is 12.7. The van der Waals surface area contributed by atoms with Crippen LogP contribution in [-0.2, 0) is 6.42 Å². The standard InChI is InChI=1S/C19H22N4O3/c1-20-19-21-9-14(10-22-19)18(25)23-17(13-7-15(24)8-13)12-2-3-16-11(6-12)4-5-26-16/h2-3,6,9-10,13,15,17,24H,4-5,7-8H2,1H3,(H,23,25)(H,20,21,22)/t13?,15?,17-/m0/s1. The van der Waals surface area contributed by atoms with Gasteiger partial charge in [0.2, 0.25) is 5.95 Å². The molecular weight excluding hydrogens is 332 g/mol. The van der Waals surface area contributed by atoms with Crippen LogP contribution in [-0.4, -0.2) is 40.7 Å². The van der Waals surface area contributed by atoms with Crippen molar-refractivity contribution < 1.29 is 14.6 Å². The molecule has 1 saturated carbocycles. The van der Waals surface area contributed by atoms with Crippen LogP contribution in [0.15, 0.2) is 30.6 Å². The van der Waals surface area contributed by atoms with Gasteiger partial charge in [-0.05, 0) is 42.0 Å². The zero-order chi connectivity index (χ0) is 18.1. The number of nitrogens with one attached hydrogen (secondary N) is 2. The number of ether oxygens (including phenoxy) is 1. The molecule has 0 spiro atoms. The number of nitrogens with zero attached hydrogens (tertiary/aromatic N) is 2. The number of anilines is 1. The minimum atomic E-state index is -0.282. The van der Waals surface area contributed by atoms with Crippen molar-refractivity contribution in [2.75, 3.05) is 19.0 Å². The Balaban J connectivity index is 1.56. The third kappa shape index (κ3) is 3.22. The number of amides is 1. The summed E-state index contributed by atoms with van der Waals surface area (Å²) in [5.41, 5.74) is 2.63. The van der Waals surface area contributed by atoms with E-state index in [0.717, 1.165) is 17.7 Å². The van der Waals surface area contributed by atoms with Crippen LogP contribution in [0, 0.1) is 5.92 Å². The number of carbonyl (C=O) groups is 1. The highest BCUT2D eigenvalue weighted by molar-refractivity contribution is 5.94. The lowest BCUT2D eigenvalue weighted by Gasteiger charge is -2.38. The van der Waals surface area contributed by atoms with E-state index in [1.54, 1.807) is 7.05 Å². The summed E-state index contributed by atoms with van der Waals surface area (Å²) in [7, 11) is 1.73. The number of aliphatic hydroxyl groups excluding tert-OH is 1. The number of rotatable bonds is 5. The molecule has 4 rings (SSSR count). The maximum atomic E-state index is 12.7. The Bertz CT molecular complexity index is 803. The van der Waals surface area contributed by atoms with Gasteiger partial charge in [0.05, 0.1) is 24.3 Å². The fourth-order valence-corrected chi connectivity index (χ4v) is 3.57. The van der Waals surface area contributed by atoms with Crippen LogP contribution in [0.5, 0.6) is 5.75 Å². The SMILES string of the molecule is CNc1ncc(C(=O)N[C@@H](c2ccc3c(c2)CCO3)C2CC(O)C2)cn1. The first-order valence-corrected chi connectivity index (χ1v) is 8.88. The number of aliphatic hydroxyl groups is 1. The summed E-state index contributed by atoms with van der Waals surface area (Å²) in [4.78, 5) is 20.9. The molecule has 1 aliphatic carbocycles. The summed E-state index contributed by atoms with van der Waals surface area (Å²) < 4.78 is 5.57. The number of carbonyl (C=O) groups excluding carboxylic acids is 1. The second-order valence-electron chi connectivity index (χ2n) is 6.85. The Morgan fingerprint density at radius 2 is 2.08 bits per heavy atom. The summed E-state index contributed by atoms with van der Waals surface area (Å²) in [6.07, 6.45) is 5.00. The van der Waals surface area contributed by atoms with Crippen LogP contribution < -0.4 is 15.4 Å². The Hall–Kier alpha value is -2.67. The highest BCUT2D eigenvalue weighted by Crippen LogP contribution is 2.39. The van der Waals surface area contributed by atoms with Gasteiger partial charge in [0.25, 0.3) is 5.91 Å². The minimum Gasteiger partial charge on any atom is -0.493 e. The van der Waals surface area contributed by atoms with Crippen molar-refractivity contribution in [2.45, 2.75) is 31.4 Å². The van der Waals surface area contributed by atoms with Crippen molar-refractivity contribution in [1.82, 2.24) is 15.3 Å². The summed E-state index contributed by atoms with van der Waals surface area (Å²) >= 11 is 0. The van der Waals surface area contributed by atoms with Crippen molar-refractivity contribution in [3.05, 3.63) is 47.3 Å². The van der Waals surface area contributed by atoms with E-state index in [1.807, 2.05) is 12.1 Å². The Morgan fingerprint density at radius 1 is 1.31 bits per heavy atom. The molecule has 1 atom stereocenters. The molecule has 0 bridgehead atoms. The number of hydrogen-bond donors (Lipinski definition) is 3. The maximum Gasteiger partial charge on any atom is 0.254 e. The molecule has 0 unspecified atom stereocenters. The summed E-state index contributed by atoms with van der Waals surface area (Å²) in [6, 6.07) is 5.93. The minimum absolute atomic E-state index is 0.152. The van der Waals surface area contributed by atoms with Crippen molar-refractivity contribution in [2.24, 2.45) is 5.92 Å². The van der Waals surface area contributed by atoms with Crippen LogP contribution in [0.2, 0.25) is 0 Å². The lowest BCUT2D eigenvalue weighted by molar-refractivity contribution is 0.0235. The molecule has 7 nitrogen and oxygen atoms in total. The molecule has 1 amide bonds. The molecule has 26 heavy (non-hydrogen) atoms. The number of fused-ring (bicyclic) bond motifs is 1. The van der Waals surface area contributed by atoms with Gasteiger partial charge in [0.15, 0.2) is 0 Å². The zero-order valence-corrected chi connectivity index (χ0v) is 14.6. The van der Waals surface area contributed by atoms with E-state index in [4.69, 9.17) is 4.74 Å². The zero-order valence-electron chi connectivity index (χ0n) is 14.6. The quantitative estimate of drug-likeness (QED) is 0.756. The molecule has 2 aromatic rings. The molecule has 1 aromatic carbocycles. The Kier molecular flexibility index (Phi) is 4.46. The third-order valence-corrected chi connectivity index (χ3v) is 5.12. The van der Waals surface area contributed by atoms with Crippen LogP contribution in [0.4, 0.5) is 5.95 Å². The van der Waals surface area contributed by atoms with Crippen molar-refractivity contribution >= 4 is 11.9 Å². The molecule has 7 heteroatoms. The first-order chi connectivity index (χ1) is 12.6. The Morgan fingerprint density at radius 3 is 2.77 bits per heavy atom. The van der Waals surface area contributed by atoms with E-state index in [1.165, 1.54) is 18.0 Å². The molecule has 1 fully saturated rings. The Labute approximate surface area is 151 Å². The monoisotopic (exact) mass is 354 g/mol. The summed E-state index contributed by atoms with van der Waals surface area (Å²) in [5, 5.41) is 15.7. The van der Waals surface area contributed by atoms with Crippen LogP contribution in [0.25, 0.3) is 0 Å². The summed E-state index contributed by atoms with van der Waals surface area (Å²) in [5.74, 6) is 1.39. The van der Waals surface area contributed by atoms with Gasteiger partial charge in [-0.3, -0.25) is 4.79 Å². The third-order valence-electron chi connectivity index (χ3n) is 5.12. The van der Waals surface area contributed by atoms with Gasteiger partial charge in [-0.15, -0.1) is 0 Å². The van der Waals surface area contributed by atoms with Gasteiger partial charge in [-0.2, -0.15) is 0 Å². The fourth-order valence-electron chi connectivity index (χ4n) is 3.57. The molecular formula is C19H22N4O3. The molecule has 3 N–H and O–H groups in total. The average Bonchev–Trinajstić information content (AvgIpc) is 3.11. The lowest BCUT2D eigenvalue weighted by atomic mass is 9.74. The van der Waals surface area contributed by atoms with E-state index < -0.39 is 0 Å². The van der Waals surface area contributed by atoms with Gasteiger partial charge in [-0.25, -0.2) is 9.97 Å². The molecule has 2 aliphatic rings. The lowest BCUT2D eigenvalue weighted by Crippen LogP contribution is -2.41. The number of hydrogen-bond acceptors (Lipinski definition) is 6. The van der Waals surface area contributed by atoms with E-state index in [-0.39, 0.29) is 24.0 Å². The van der Waals surface area contributed by atoms with Crippen molar-refractivity contribution in [3.63, 3.8) is 0 Å². The van der Waals surface area contributed by atoms with Crippen LogP contribution in [0.1, 0.15) is 40.4 Å². The highest BCUT2D eigenvalue weighted by Gasteiger charge is 2.36. The molecule has 1 aliphatic heterocycles. The highest BCUT2D eigenvalue weighted by atomic mass is 16.5. The fraction of sp³-hybridized carbons (Fsp3) is 0.421. The first-order valence-electron chi connectivity index (χ1n) is 8.88. The average molecular weight is 354 g/mol. The van der Waals surface area contributed by atoms with Gasteiger partial charge < -0.3 is 20.5 Å². The number of benzene rings is 1. The van der Waals surface area contributed by atoms with Crippen molar-refractivity contribution in [1.29, 1.82) is 0 Å². The van der Waals surface area contributed by atoms with Gasteiger partial charge in [0, 0.05) is 25.9 Å². The van der Waals surface area contributed by atoms with Gasteiger partial charge >= 0.3 is 0 Å². The topological polar surface area (TPSA) is 96.4 Å². The first kappa shape index (κ1) is 16.8. The normalized spacial score (nSPS) is 21.9. The van der Waals surface area contributed by atoms with E-state index in [0.29, 0.717) is 31.0 Å². The van der Waals surface area contributed by atoms with E-state index >= 15 is 0 Å². The summed E-state index contributed by atoms with van der Waals surface area (Å²) in [6.45, 7) is 0.701. The smallest absolute Gasteiger partial charge is 0.254 e. The molecule has 2 heterocycles. The predicted molar refractivity (Wildman–Crippen MR) is 96.2 cm³/mol. The largest absolute Gasteiger partial charge is 0.493 e. The van der Waals surface area contributed by atoms with E-state index in [9.17, 15) is 9.90 Å². The van der Waals surface area contributed by atoms with Crippen LogP contribution in [0.3, 0.4) is 0 Å². The second kappa shape index (κ2) is 6.92. The van der Waals surface area contributed by atoms with E-state index in [2.05, 4.69) is 26.7 Å². The second-order valence-corrected chi connectivity index (χ2v) is 6.85. The van der Waals surface area contributed by atoms with Gasteiger partial charge in [0.1, 0.15) is 5.75 Å². The molecule has 136 valence electrons. The predicted octanol–water partition coefficient (Wildman–Crippen LogP) is 1.70. The van der Waals surface area contributed by atoms with Crippen LogP contribution >= 0.6 is 0 Å².